The smallest absolute Gasteiger partial charge is 0.210 e. The Morgan fingerprint density at radius 2 is 1.91 bits per heavy atom. The molecule has 23 heavy (non-hydrogen) atoms. The fraction of sp³-hybridized carbons (Fsp3) is 0.176. The van der Waals surface area contributed by atoms with Gasteiger partial charge in [0.2, 0.25) is 5.78 Å². The molecule has 0 aliphatic rings. The van der Waals surface area contributed by atoms with E-state index in [1.807, 2.05) is 36.4 Å². The first kappa shape index (κ1) is 15.1. The molecule has 0 fully saturated rings. The number of methoxy groups -OCH3 is 1. The van der Waals surface area contributed by atoms with Gasteiger partial charge in [-0.3, -0.25) is 9.78 Å². The van der Waals surface area contributed by atoms with Crippen molar-refractivity contribution in [3.05, 3.63) is 60.0 Å². The fourth-order valence-electron chi connectivity index (χ4n) is 2.21. The predicted octanol–water partition coefficient (Wildman–Crippen LogP) is 2.47. The Bertz CT molecular complexity index is 821. The normalized spacial score (nSPS) is 10.7. The monoisotopic (exact) mass is 308 g/mol. The van der Waals surface area contributed by atoms with Gasteiger partial charge < -0.3 is 10.1 Å². The average molecular weight is 308 g/mol. The highest BCUT2D eigenvalue weighted by Crippen LogP contribution is 2.18. The largest absolute Gasteiger partial charge is 0.376 e. The Balaban J connectivity index is 1.95. The molecule has 2 heterocycles. The average Bonchev–Trinajstić information content (AvgIpc) is 2.60. The molecule has 0 radical (unpaired) electrons. The Labute approximate surface area is 133 Å². The van der Waals surface area contributed by atoms with Gasteiger partial charge in [-0.25, -0.2) is 9.97 Å². The molecule has 0 spiro atoms. The molecule has 0 atom stereocenters. The maximum Gasteiger partial charge on any atom is 0.210 e. The van der Waals surface area contributed by atoms with Crippen molar-refractivity contribution in [1.29, 1.82) is 0 Å². The second-order valence-corrected chi connectivity index (χ2v) is 4.98. The molecule has 0 amide bonds. The van der Waals surface area contributed by atoms with Gasteiger partial charge in [-0.15, -0.1) is 0 Å². The zero-order valence-electron chi connectivity index (χ0n) is 12.7. The maximum absolute atomic E-state index is 12.2. The summed E-state index contributed by atoms with van der Waals surface area (Å²) >= 11 is 0. The molecule has 0 bridgehead atoms. The van der Waals surface area contributed by atoms with Gasteiger partial charge in [0.25, 0.3) is 0 Å². The molecule has 1 aromatic carbocycles. The minimum Gasteiger partial charge on any atom is -0.376 e. The summed E-state index contributed by atoms with van der Waals surface area (Å²) < 4.78 is 4.93. The van der Waals surface area contributed by atoms with Gasteiger partial charge in [0.05, 0.1) is 11.0 Å². The number of rotatable bonds is 6. The number of para-hydroxylation sites is 2. The standard InChI is InChI=1S/C17H16N4O2/c1-23-11-15(22)16-17(19-10-12-5-4-8-18-9-12)21-14-7-3-2-6-13(14)20-16/h2-9H,10-11H2,1H3,(H,19,21). The van der Waals surface area contributed by atoms with E-state index in [0.29, 0.717) is 17.9 Å². The molecular formula is C17H16N4O2. The molecule has 6 heteroatoms. The molecule has 0 unspecified atom stereocenters. The van der Waals surface area contributed by atoms with Crippen LogP contribution < -0.4 is 5.32 Å². The fourth-order valence-corrected chi connectivity index (χ4v) is 2.21. The van der Waals surface area contributed by atoms with Crippen LogP contribution in [0, 0.1) is 0 Å². The number of nitrogens with zero attached hydrogens (tertiary/aromatic N) is 3. The van der Waals surface area contributed by atoms with Crippen molar-refractivity contribution in [2.24, 2.45) is 0 Å². The van der Waals surface area contributed by atoms with Crippen LogP contribution in [0.3, 0.4) is 0 Å². The number of benzene rings is 1. The molecule has 6 nitrogen and oxygen atoms in total. The van der Waals surface area contributed by atoms with Gasteiger partial charge in [-0.05, 0) is 23.8 Å². The van der Waals surface area contributed by atoms with Crippen LogP contribution in [0.15, 0.2) is 48.8 Å². The minimum absolute atomic E-state index is 0.0331. The summed E-state index contributed by atoms with van der Waals surface area (Å²) in [7, 11) is 1.48. The van der Waals surface area contributed by atoms with E-state index in [2.05, 4.69) is 20.3 Å². The van der Waals surface area contributed by atoms with Crippen LogP contribution in [0.2, 0.25) is 0 Å². The van der Waals surface area contributed by atoms with Crippen LogP contribution in [-0.4, -0.2) is 34.5 Å². The van der Waals surface area contributed by atoms with E-state index in [4.69, 9.17) is 4.74 Å². The molecule has 0 aliphatic heterocycles. The summed E-state index contributed by atoms with van der Waals surface area (Å²) in [6, 6.07) is 11.3. The number of ether oxygens (including phenoxy) is 1. The van der Waals surface area contributed by atoms with Crippen molar-refractivity contribution in [2.45, 2.75) is 6.54 Å². The Morgan fingerprint density at radius 3 is 2.61 bits per heavy atom. The lowest BCUT2D eigenvalue weighted by Crippen LogP contribution is -2.15. The Kier molecular flexibility index (Phi) is 4.54. The van der Waals surface area contributed by atoms with Crippen molar-refractivity contribution in [3.8, 4) is 0 Å². The topological polar surface area (TPSA) is 77.0 Å². The number of pyridine rings is 1. The first-order valence-corrected chi connectivity index (χ1v) is 7.19. The molecular weight excluding hydrogens is 292 g/mol. The first-order chi connectivity index (χ1) is 11.3. The highest BCUT2D eigenvalue weighted by atomic mass is 16.5. The second-order valence-electron chi connectivity index (χ2n) is 4.98. The third-order valence-electron chi connectivity index (χ3n) is 3.29. The zero-order chi connectivity index (χ0) is 16.1. The summed E-state index contributed by atoms with van der Waals surface area (Å²) in [4.78, 5) is 25.3. The van der Waals surface area contributed by atoms with Crippen LogP contribution >= 0.6 is 0 Å². The van der Waals surface area contributed by atoms with Crippen molar-refractivity contribution in [2.75, 3.05) is 19.0 Å². The van der Waals surface area contributed by atoms with Crippen LogP contribution in [0.4, 0.5) is 5.82 Å². The molecule has 1 N–H and O–H groups in total. The van der Waals surface area contributed by atoms with E-state index in [0.717, 1.165) is 11.1 Å². The molecule has 2 aromatic heterocycles. The molecule has 3 aromatic rings. The first-order valence-electron chi connectivity index (χ1n) is 7.19. The quantitative estimate of drug-likeness (QED) is 0.705. The number of carbonyl (C=O) groups excluding carboxylic acids is 1. The number of nitrogens with one attached hydrogen (secondary N) is 1. The SMILES string of the molecule is COCC(=O)c1nc2ccccc2nc1NCc1cccnc1. The third kappa shape index (κ3) is 3.49. The van der Waals surface area contributed by atoms with Gasteiger partial charge in [-0.1, -0.05) is 18.2 Å². The van der Waals surface area contributed by atoms with Gasteiger partial charge in [0.15, 0.2) is 11.5 Å². The van der Waals surface area contributed by atoms with Crippen LogP contribution in [0.25, 0.3) is 11.0 Å². The van der Waals surface area contributed by atoms with Gasteiger partial charge in [0, 0.05) is 26.0 Å². The summed E-state index contributed by atoms with van der Waals surface area (Å²) in [5, 5.41) is 3.17. The lowest BCUT2D eigenvalue weighted by Gasteiger charge is -2.11. The second kappa shape index (κ2) is 6.93. The molecule has 0 saturated carbocycles. The summed E-state index contributed by atoms with van der Waals surface area (Å²) in [6.07, 6.45) is 3.48. The third-order valence-corrected chi connectivity index (χ3v) is 3.29. The lowest BCUT2D eigenvalue weighted by atomic mass is 10.2. The number of aromatic nitrogens is 3. The maximum atomic E-state index is 12.2. The number of ketones is 1. The lowest BCUT2D eigenvalue weighted by molar-refractivity contribution is 0.0844. The number of Topliss-reactive ketones (excluding diaryl/α,β-unsaturated/α-hetero) is 1. The molecule has 116 valence electrons. The number of hydrogen-bond donors (Lipinski definition) is 1. The molecule has 0 aliphatic carbocycles. The van der Waals surface area contributed by atoms with Gasteiger partial charge >= 0.3 is 0 Å². The Morgan fingerprint density at radius 1 is 1.13 bits per heavy atom. The summed E-state index contributed by atoms with van der Waals surface area (Å²) in [5.74, 6) is 0.244. The van der Waals surface area contributed by atoms with Crippen LogP contribution in [0.1, 0.15) is 16.1 Å². The van der Waals surface area contributed by atoms with E-state index < -0.39 is 0 Å². The molecule has 3 rings (SSSR count). The predicted molar refractivity (Wildman–Crippen MR) is 87.3 cm³/mol. The van der Waals surface area contributed by atoms with Crippen LogP contribution in [-0.2, 0) is 11.3 Å². The van der Waals surface area contributed by atoms with E-state index in [9.17, 15) is 4.79 Å². The highest BCUT2D eigenvalue weighted by molar-refractivity contribution is 6.01. The minimum atomic E-state index is -0.209. The van der Waals surface area contributed by atoms with E-state index in [1.165, 1.54) is 7.11 Å². The van der Waals surface area contributed by atoms with Crippen molar-refractivity contribution >= 4 is 22.6 Å². The summed E-state index contributed by atoms with van der Waals surface area (Å²) in [5.41, 5.74) is 2.69. The Hall–Kier alpha value is -2.86. The van der Waals surface area contributed by atoms with Crippen molar-refractivity contribution < 1.29 is 9.53 Å². The van der Waals surface area contributed by atoms with Crippen molar-refractivity contribution in [3.63, 3.8) is 0 Å². The molecule has 0 saturated heterocycles. The van der Waals surface area contributed by atoms with E-state index in [1.54, 1.807) is 12.4 Å². The number of hydrogen-bond acceptors (Lipinski definition) is 6. The number of anilines is 1. The van der Waals surface area contributed by atoms with Crippen LogP contribution in [0.5, 0.6) is 0 Å². The highest BCUT2D eigenvalue weighted by Gasteiger charge is 2.16. The zero-order valence-corrected chi connectivity index (χ0v) is 12.7. The summed E-state index contributed by atoms with van der Waals surface area (Å²) in [6.45, 7) is 0.475. The van der Waals surface area contributed by atoms with E-state index >= 15 is 0 Å². The van der Waals surface area contributed by atoms with E-state index in [-0.39, 0.29) is 18.1 Å². The van der Waals surface area contributed by atoms with Crippen molar-refractivity contribution in [1.82, 2.24) is 15.0 Å². The van der Waals surface area contributed by atoms with Gasteiger partial charge in [0.1, 0.15) is 6.61 Å². The van der Waals surface area contributed by atoms with Gasteiger partial charge in [-0.2, -0.15) is 0 Å². The number of fused-ring (bicyclic) bond motifs is 1. The number of carbonyl (C=O) groups is 1.